The van der Waals surface area contributed by atoms with Crippen molar-refractivity contribution in [1.82, 2.24) is 11.1 Å². The highest BCUT2D eigenvalue weighted by Crippen LogP contribution is 2.08. The van der Waals surface area contributed by atoms with E-state index in [1.54, 1.807) is 0 Å². The Morgan fingerprint density at radius 1 is 1.44 bits per heavy atom. The lowest BCUT2D eigenvalue weighted by molar-refractivity contribution is 0.385. The van der Waals surface area contributed by atoms with E-state index in [-0.39, 0.29) is 0 Å². The fraction of sp³-hybridized carbons (Fsp3) is 1.00. The summed E-state index contributed by atoms with van der Waals surface area (Å²) in [5.74, 6) is 0. The van der Waals surface area contributed by atoms with Crippen molar-refractivity contribution in [3.05, 3.63) is 0 Å². The molecule has 1 heterocycles. The topological polar surface area (TPSA) is 35.8 Å². The summed E-state index contributed by atoms with van der Waals surface area (Å²) in [6.45, 7) is 1.75. The van der Waals surface area contributed by atoms with Crippen LogP contribution in [0.3, 0.4) is 0 Å². The molecular formula is C7H15N2. The normalized spacial score (nSPS) is 28.3. The lowest BCUT2D eigenvalue weighted by Gasteiger charge is -2.22. The fourth-order valence-corrected chi connectivity index (χ4v) is 1.34. The average Bonchev–Trinajstić information content (AvgIpc) is 1.91. The molecule has 1 unspecified atom stereocenters. The molecule has 0 spiro atoms. The van der Waals surface area contributed by atoms with Crippen LogP contribution in [0.2, 0.25) is 0 Å². The molecule has 1 saturated heterocycles. The molecule has 0 aromatic rings. The van der Waals surface area contributed by atoms with Gasteiger partial charge >= 0.3 is 0 Å². The first kappa shape index (κ1) is 7.03. The largest absolute Gasteiger partial charge is 0.314 e. The third-order valence-electron chi connectivity index (χ3n) is 1.91. The van der Waals surface area contributed by atoms with Crippen molar-refractivity contribution in [3.63, 3.8) is 0 Å². The smallest absolute Gasteiger partial charge is 0.0115 e. The van der Waals surface area contributed by atoms with Gasteiger partial charge in [-0.1, -0.05) is 6.42 Å². The Kier molecular flexibility index (Phi) is 3.01. The van der Waals surface area contributed by atoms with Crippen molar-refractivity contribution in [3.8, 4) is 0 Å². The predicted molar refractivity (Wildman–Crippen MR) is 38.2 cm³/mol. The van der Waals surface area contributed by atoms with Crippen LogP contribution < -0.4 is 11.1 Å². The number of hydrogen-bond acceptors (Lipinski definition) is 1. The Hall–Kier alpha value is -0.0800. The van der Waals surface area contributed by atoms with Gasteiger partial charge in [-0.15, -0.1) is 0 Å². The van der Waals surface area contributed by atoms with Crippen LogP contribution in [-0.4, -0.2) is 19.1 Å². The van der Waals surface area contributed by atoms with Crippen LogP contribution in [0.4, 0.5) is 0 Å². The fourth-order valence-electron chi connectivity index (χ4n) is 1.34. The van der Waals surface area contributed by atoms with E-state index < -0.39 is 0 Å². The minimum atomic E-state index is 0.581. The van der Waals surface area contributed by atoms with Gasteiger partial charge in [0.2, 0.25) is 0 Å². The quantitative estimate of drug-likeness (QED) is 0.585. The second-order valence-electron chi connectivity index (χ2n) is 2.69. The number of hydrogen-bond donors (Lipinski definition) is 1. The van der Waals surface area contributed by atoms with Crippen LogP contribution in [-0.2, 0) is 0 Å². The summed E-state index contributed by atoms with van der Waals surface area (Å²) in [7, 11) is 0. The summed E-state index contributed by atoms with van der Waals surface area (Å²) < 4.78 is 0. The standard InChI is InChI=1S/C7H15N2/c8-5-4-7-3-1-2-6-9-7/h7-9H,1-6H2. The minimum Gasteiger partial charge on any atom is -0.314 e. The molecule has 1 fully saturated rings. The third kappa shape index (κ3) is 2.33. The molecule has 0 aliphatic carbocycles. The van der Waals surface area contributed by atoms with E-state index in [0.717, 1.165) is 6.42 Å². The highest BCUT2D eigenvalue weighted by molar-refractivity contribution is 4.71. The zero-order valence-electron chi connectivity index (χ0n) is 5.82. The molecule has 0 amide bonds. The molecule has 2 N–H and O–H groups in total. The summed E-state index contributed by atoms with van der Waals surface area (Å²) in [4.78, 5) is 0. The van der Waals surface area contributed by atoms with Gasteiger partial charge in [0, 0.05) is 12.6 Å². The first-order valence-electron chi connectivity index (χ1n) is 3.81. The first-order valence-corrected chi connectivity index (χ1v) is 3.81. The summed E-state index contributed by atoms with van der Waals surface area (Å²) in [6.07, 6.45) is 5.02. The monoisotopic (exact) mass is 127 g/mol. The van der Waals surface area contributed by atoms with Gasteiger partial charge in [0.1, 0.15) is 0 Å². The van der Waals surface area contributed by atoms with Gasteiger partial charge in [0.15, 0.2) is 0 Å². The lowest BCUT2D eigenvalue weighted by atomic mass is 10.0. The number of nitrogens with one attached hydrogen (secondary N) is 2. The van der Waals surface area contributed by atoms with E-state index in [4.69, 9.17) is 5.73 Å². The molecule has 0 saturated carbocycles. The molecule has 1 radical (unpaired) electrons. The molecule has 1 atom stereocenters. The average molecular weight is 127 g/mol. The van der Waals surface area contributed by atoms with E-state index >= 15 is 0 Å². The Balaban J connectivity index is 2.08. The molecule has 2 heteroatoms. The van der Waals surface area contributed by atoms with E-state index in [9.17, 15) is 0 Å². The lowest BCUT2D eigenvalue weighted by Crippen LogP contribution is -2.34. The van der Waals surface area contributed by atoms with E-state index in [0.29, 0.717) is 12.6 Å². The van der Waals surface area contributed by atoms with Gasteiger partial charge in [0.25, 0.3) is 0 Å². The van der Waals surface area contributed by atoms with Gasteiger partial charge in [-0.3, -0.25) is 5.73 Å². The van der Waals surface area contributed by atoms with Crippen LogP contribution >= 0.6 is 0 Å². The van der Waals surface area contributed by atoms with E-state index in [1.165, 1.54) is 25.8 Å². The van der Waals surface area contributed by atoms with E-state index in [2.05, 4.69) is 5.32 Å². The maximum Gasteiger partial charge on any atom is 0.0115 e. The summed E-state index contributed by atoms with van der Waals surface area (Å²) >= 11 is 0. The van der Waals surface area contributed by atoms with Crippen LogP contribution in [0.1, 0.15) is 25.7 Å². The molecule has 0 aromatic carbocycles. The molecule has 53 valence electrons. The number of rotatable bonds is 2. The zero-order valence-corrected chi connectivity index (χ0v) is 5.82. The van der Waals surface area contributed by atoms with Gasteiger partial charge in [-0.25, -0.2) is 0 Å². The Labute approximate surface area is 56.8 Å². The van der Waals surface area contributed by atoms with Gasteiger partial charge in [-0.05, 0) is 25.8 Å². The Morgan fingerprint density at radius 2 is 2.33 bits per heavy atom. The molecule has 9 heavy (non-hydrogen) atoms. The summed E-state index contributed by atoms with van der Waals surface area (Å²) in [5.41, 5.74) is 7.00. The second kappa shape index (κ2) is 3.85. The van der Waals surface area contributed by atoms with Crippen LogP contribution in [0, 0.1) is 0 Å². The van der Waals surface area contributed by atoms with Crippen molar-refractivity contribution in [2.75, 3.05) is 13.1 Å². The third-order valence-corrected chi connectivity index (χ3v) is 1.91. The highest BCUT2D eigenvalue weighted by Gasteiger charge is 2.10. The maximum absolute atomic E-state index is 7.00. The summed E-state index contributed by atoms with van der Waals surface area (Å²) in [5, 5.41) is 3.40. The molecule has 0 bridgehead atoms. The molecular weight excluding hydrogens is 112 g/mol. The van der Waals surface area contributed by atoms with Crippen LogP contribution in [0.5, 0.6) is 0 Å². The molecule has 1 aliphatic rings. The maximum atomic E-state index is 7.00. The molecule has 0 aromatic heterocycles. The zero-order chi connectivity index (χ0) is 6.53. The minimum absolute atomic E-state index is 0.581. The van der Waals surface area contributed by atoms with Crippen molar-refractivity contribution < 1.29 is 0 Å². The van der Waals surface area contributed by atoms with Crippen molar-refractivity contribution in [2.45, 2.75) is 31.7 Å². The Morgan fingerprint density at radius 3 is 2.89 bits per heavy atom. The summed E-state index contributed by atoms with van der Waals surface area (Å²) in [6, 6.07) is 0.663. The molecule has 2 nitrogen and oxygen atoms in total. The second-order valence-corrected chi connectivity index (χ2v) is 2.69. The van der Waals surface area contributed by atoms with Gasteiger partial charge < -0.3 is 5.32 Å². The van der Waals surface area contributed by atoms with Crippen LogP contribution in [0.15, 0.2) is 0 Å². The predicted octanol–water partition coefficient (Wildman–Crippen LogP) is 0.801. The van der Waals surface area contributed by atoms with Crippen LogP contribution in [0.25, 0.3) is 0 Å². The first-order chi connectivity index (χ1) is 4.43. The SMILES string of the molecule is [NH]CCC1CCCCN1. The van der Waals surface area contributed by atoms with Crippen molar-refractivity contribution in [1.29, 1.82) is 0 Å². The molecule has 1 aliphatic heterocycles. The highest BCUT2D eigenvalue weighted by atomic mass is 14.9. The Bertz CT molecular complexity index is 64.6. The molecule has 1 rings (SSSR count). The van der Waals surface area contributed by atoms with Crippen molar-refractivity contribution in [2.24, 2.45) is 0 Å². The number of piperidine rings is 1. The van der Waals surface area contributed by atoms with Crippen molar-refractivity contribution >= 4 is 0 Å². The van der Waals surface area contributed by atoms with E-state index in [1.807, 2.05) is 0 Å². The van der Waals surface area contributed by atoms with Gasteiger partial charge in [0.05, 0.1) is 0 Å². The van der Waals surface area contributed by atoms with Gasteiger partial charge in [-0.2, -0.15) is 0 Å².